The summed E-state index contributed by atoms with van der Waals surface area (Å²) in [6, 6.07) is 0. The molecule has 1 unspecified atom stereocenters. The van der Waals surface area contributed by atoms with E-state index in [1.54, 1.807) is 0 Å². The van der Waals surface area contributed by atoms with Crippen LogP contribution in [0.1, 0.15) is 13.3 Å². The predicted octanol–water partition coefficient (Wildman–Crippen LogP) is 2.45. The van der Waals surface area contributed by atoms with E-state index in [2.05, 4.69) is 20.1 Å². The summed E-state index contributed by atoms with van der Waals surface area (Å²) in [4.78, 5) is 10.7. The van der Waals surface area contributed by atoms with Gasteiger partial charge in [0.05, 0.1) is 5.03 Å². The average Bonchev–Trinajstić information content (AvgIpc) is 1.99. The van der Waals surface area contributed by atoms with Crippen molar-refractivity contribution in [2.45, 2.75) is 18.9 Å². The number of esters is 1. The van der Waals surface area contributed by atoms with Crippen LogP contribution in [0.25, 0.3) is 0 Å². The van der Waals surface area contributed by atoms with E-state index in [9.17, 15) is 4.79 Å². The Hall–Kier alpha value is -0.760. The first-order valence-electron chi connectivity index (χ1n) is 3.46. The maximum atomic E-state index is 10.7. The topological polar surface area (TPSA) is 26.3 Å². The number of hydrogen-bond donors (Lipinski definition) is 0. The van der Waals surface area contributed by atoms with E-state index in [4.69, 9.17) is 16.3 Å². The van der Waals surface area contributed by atoms with Crippen molar-refractivity contribution in [3.63, 3.8) is 0 Å². The molecule has 0 aliphatic rings. The Bertz CT molecular complexity index is 211. The van der Waals surface area contributed by atoms with Gasteiger partial charge in [-0.25, -0.2) is 0 Å². The van der Waals surface area contributed by atoms with E-state index in [0.29, 0.717) is 6.42 Å². The number of carbonyl (C=O) groups excluding carboxylic acids is 1. The number of carbonyl (C=O) groups is 1. The molecule has 0 amide bonds. The summed E-state index contributed by atoms with van der Waals surface area (Å²) in [5.41, 5.74) is -1.02. The molecule has 2 nitrogen and oxygen atoms in total. The van der Waals surface area contributed by atoms with Crippen LogP contribution in [0.5, 0.6) is 0 Å². The second kappa shape index (κ2) is 4.31. The van der Waals surface area contributed by atoms with Gasteiger partial charge >= 0.3 is 5.97 Å². The molecular formula is C9H12ClO2. The standard InChI is InChI=1S/C9H12ClO2/c1-5-9(6-2,7(3)10)12-8(4)11/h5H,1-3,6H2,4H3. The van der Waals surface area contributed by atoms with E-state index in [-0.39, 0.29) is 5.03 Å². The van der Waals surface area contributed by atoms with Crippen molar-refractivity contribution in [3.8, 4) is 0 Å². The zero-order chi connectivity index (χ0) is 9.78. The van der Waals surface area contributed by atoms with Gasteiger partial charge in [0.15, 0.2) is 5.60 Å². The second-order valence-corrected chi connectivity index (χ2v) is 2.80. The van der Waals surface area contributed by atoms with Gasteiger partial charge in [-0.05, 0) is 19.4 Å². The van der Waals surface area contributed by atoms with Crippen molar-refractivity contribution < 1.29 is 9.53 Å². The Labute approximate surface area is 77.9 Å². The summed E-state index contributed by atoms with van der Waals surface area (Å²) in [5.74, 6) is -0.430. The zero-order valence-electron chi connectivity index (χ0n) is 7.10. The predicted molar refractivity (Wildman–Crippen MR) is 49.7 cm³/mol. The molecule has 67 valence electrons. The molecule has 1 radical (unpaired) electrons. The molecule has 0 saturated carbocycles. The lowest BCUT2D eigenvalue weighted by atomic mass is 10.0. The average molecular weight is 188 g/mol. The smallest absolute Gasteiger partial charge is 0.303 e. The molecule has 0 saturated heterocycles. The molecule has 0 N–H and O–H groups in total. The first-order chi connectivity index (χ1) is 5.48. The molecule has 0 spiro atoms. The summed E-state index contributed by atoms with van der Waals surface area (Å²) < 4.78 is 4.95. The Morgan fingerprint density at radius 3 is 2.33 bits per heavy atom. The van der Waals surface area contributed by atoms with E-state index in [1.165, 1.54) is 13.0 Å². The van der Waals surface area contributed by atoms with Crippen LogP contribution in [0.2, 0.25) is 0 Å². The lowest BCUT2D eigenvalue weighted by molar-refractivity contribution is -0.148. The van der Waals surface area contributed by atoms with Crippen molar-refractivity contribution in [3.05, 3.63) is 31.2 Å². The molecule has 0 aromatic heterocycles. The van der Waals surface area contributed by atoms with Crippen LogP contribution >= 0.6 is 11.6 Å². The first-order valence-corrected chi connectivity index (χ1v) is 3.83. The van der Waals surface area contributed by atoms with E-state index in [1.807, 2.05) is 0 Å². The van der Waals surface area contributed by atoms with Gasteiger partial charge in [0.1, 0.15) is 0 Å². The van der Waals surface area contributed by atoms with Gasteiger partial charge in [-0.15, -0.1) is 0 Å². The molecule has 0 aromatic carbocycles. The van der Waals surface area contributed by atoms with Crippen molar-refractivity contribution in [1.29, 1.82) is 0 Å². The van der Waals surface area contributed by atoms with Gasteiger partial charge < -0.3 is 4.74 Å². The van der Waals surface area contributed by atoms with Gasteiger partial charge in [-0.3, -0.25) is 4.79 Å². The number of rotatable bonds is 4. The second-order valence-electron chi connectivity index (χ2n) is 2.34. The van der Waals surface area contributed by atoms with Crippen LogP contribution < -0.4 is 0 Å². The number of halogens is 1. The van der Waals surface area contributed by atoms with Gasteiger partial charge in [-0.2, -0.15) is 0 Å². The third-order valence-electron chi connectivity index (χ3n) is 1.49. The molecule has 1 atom stereocenters. The summed E-state index contributed by atoms with van der Waals surface area (Å²) >= 11 is 5.66. The van der Waals surface area contributed by atoms with Crippen LogP contribution in [0, 0.1) is 6.92 Å². The highest BCUT2D eigenvalue weighted by molar-refractivity contribution is 6.30. The maximum absolute atomic E-state index is 10.7. The zero-order valence-corrected chi connectivity index (χ0v) is 7.86. The summed E-state index contributed by atoms with van der Waals surface area (Å²) in [6.45, 7) is 11.9. The van der Waals surface area contributed by atoms with E-state index >= 15 is 0 Å². The number of hydrogen-bond acceptors (Lipinski definition) is 2. The van der Waals surface area contributed by atoms with Crippen molar-refractivity contribution >= 4 is 17.6 Å². The minimum atomic E-state index is -1.02. The minimum Gasteiger partial charge on any atom is -0.449 e. The fraction of sp³-hybridized carbons (Fsp3) is 0.333. The van der Waals surface area contributed by atoms with Crippen LogP contribution in [-0.2, 0) is 9.53 Å². The lowest BCUT2D eigenvalue weighted by Crippen LogP contribution is -2.31. The normalized spacial score (nSPS) is 14.6. The minimum absolute atomic E-state index is 0.211. The Morgan fingerprint density at radius 2 is 2.25 bits per heavy atom. The quantitative estimate of drug-likeness (QED) is 0.499. The molecule has 3 heteroatoms. The lowest BCUT2D eigenvalue weighted by Gasteiger charge is -2.27. The molecule has 0 aliphatic heterocycles. The molecular weight excluding hydrogens is 176 g/mol. The maximum Gasteiger partial charge on any atom is 0.303 e. The third kappa shape index (κ3) is 2.38. The van der Waals surface area contributed by atoms with Gasteiger partial charge in [0.25, 0.3) is 0 Å². The van der Waals surface area contributed by atoms with Gasteiger partial charge in [0.2, 0.25) is 0 Å². The van der Waals surface area contributed by atoms with E-state index in [0.717, 1.165) is 0 Å². The fourth-order valence-corrected chi connectivity index (χ4v) is 0.963. The largest absolute Gasteiger partial charge is 0.449 e. The Kier molecular flexibility index (Phi) is 4.04. The summed E-state index contributed by atoms with van der Waals surface area (Å²) in [7, 11) is 0. The molecule has 0 aromatic rings. The van der Waals surface area contributed by atoms with Crippen LogP contribution in [0.4, 0.5) is 0 Å². The van der Waals surface area contributed by atoms with E-state index < -0.39 is 11.6 Å². The summed E-state index contributed by atoms with van der Waals surface area (Å²) in [5, 5.41) is 0.211. The SMILES string of the molecule is [CH2]CC(C=C)(OC(C)=O)C(=C)Cl. The molecule has 12 heavy (non-hydrogen) atoms. The van der Waals surface area contributed by atoms with Crippen molar-refractivity contribution in [2.75, 3.05) is 0 Å². The van der Waals surface area contributed by atoms with Gasteiger partial charge in [0, 0.05) is 6.92 Å². The molecule has 0 aliphatic carbocycles. The molecule has 0 fully saturated rings. The molecule has 0 bridgehead atoms. The molecule has 0 heterocycles. The van der Waals surface area contributed by atoms with Crippen LogP contribution in [-0.4, -0.2) is 11.6 Å². The van der Waals surface area contributed by atoms with Gasteiger partial charge in [-0.1, -0.05) is 24.8 Å². The Balaban J connectivity index is 4.69. The number of ether oxygens (including phenoxy) is 1. The summed E-state index contributed by atoms with van der Waals surface area (Å²) in [6.07, 6.45) is 1.72. The van der Waals surface area contributed by atoms with Crippen LogP contribution in [0.3, 0.4) is 0 Å². The third-order valence-corrected chi connectivity index (χ3v) is 1.81. The first kappa shape index (κ1) is 11.2. The van der Waals surface area contributed by atoms with Crippen molar-refractivity contribution in [1.82, 2.24) is 0 Å². The highest BCUT2D eigenvalue weighted by atomic mass is 35.5. The highest BCUT2D eigenvalue weighted by Gasteiger charge is 2.30. The van der Waals surface area contributed by atoms with Crippen molar-refractivity contribution in [2.24, 2.45) is 0 Å². The Morgan fingerprint density at radius 1 is 1.75 bits per heavy atom. The fourth-order valence-electron chi connectivity index (χ4n) is 0.753. The monoisotopic (exact) mass is 187 g/mol. The highest BCUT2D eigenvalue weighted by Crippen LogP contribution is 2.28. The van der Waals surface area contributed by atoms with Crippen LogP contribution in [0.15, 0.2) is 24.3 Å². The molecule has 0 rings (SSSR count).